The molecule has 3 aromatic heterocycles. The molecule has 0 saturated carbocycles. The Morgan fingerprint density at radius 1 is 1.10 bits per heavy atom. The van der Waals surface area contributed by atoms with Crippen molar-refractivity contribution in [2.24, 2.45) is 0 Å². The van der Waals surface area contributed by atoms with Crippen molar-refractivity contribution in [3.8, 4) is 22.6 Å². The molecule has 1 unspecified atom stereocenters. The van der Waals surface area contributed by atoms with E-state index in [-0.39, 0.29) is 18.0 Å². The van der Waals surface area contributed by atoms with Gasteiger partial charge in [0.25, 0.3) is 5.56 Å². The molecule has 0 amide bonds. The van der Waals surface area contributed by atoms with Crippen molar-refractivity contribution in [1.82, 2.24) is 14.7 Å². The van der Waals surface area contributed by atoms with E-state index in [4.69, 9.17) is 9.26 Å². The Kier molecular flexibility index (Phi) is 6.97. The highest BCUT2D eigenvalue weighted by molar-refractivity contribution is 5.90. The average Bonchev–Trinajstić information content (AvgIpc) is 3.26. The van der Waals surface area contributed by atoms with Crippen LogP contribution in [0, 0.1) is 13.8 Å². The van der Waals surface area contributed by atoms with E-state index < -0.39 is 23.3 Å². The summed E-state index contributed by atoms with van der Waals surface area (Å²) < 4.78 is 55.8. The van der Waals surface area contributed by atoms with Crippen LogP contribution in [-0.2, 0) is 6.54 Å². The molecule has 11 heteroatoms. The molecule has 3 heterocycles. The van der Waals surface area contributed by atoms with Gasteiger partial charge in [0.15, 0.2) is 6.04 Å². The molecule has 40 heavy (non-hydrogen) atoms. The summed E-state index contributed by atoms with van der Waals surface area (Å²) in [6, 6.07) is 12.5. The molecule has 0 spiro atoms. The molecule has 0 aliphatic carbocycles. The Balaban J connectivity index is 1.78. The second-order valence-electron chi connectivity index (χ2n) is 9.29. The molecule has 0 fully saturated rings. The lowest BCUT2D eigenvalue weighted by molar-refractivity contribution is -0.144. The summed E-state index contributed by atoms with van der Waals surface area (Å²) >= 11 is 0. The summed E-state index contributed by atoms with van der Waals surface area (Å²) in [5, 5.41) is 16.4. The number of nitrogens with one attached hydrogen (secondary N) is 1. The van der Waals surface area contributed by atoms with Crippen LogP contribution in [0.4, 0.5) is 18.9 Å². The van der Waals surface area contributed by atoms with E-state index in [0.29, 0.717) is 44.9 Å². The van der Waals surface area contributed by atoms with Gasteiger partial charge in [-0.25, -0.2) is 0 Å². The van der Waals surface area contributed by atoms with Crippen LogP contribution in [0.3, 0.4) is 0 Å². The SMILES string of the molecule is COc1cc2c(cc1-c1c(C)noc1C)cc(C(Nc1ccc(O)cc1)C(F)(F)F)c(=O)n2Cc1ccccn1. The van der Waals surface area contributed by atoms with E-state index >= 15 is 0 Å². The number of methoxy groups -OCH3 is 1. The van der Waals surface area contributed by atoms with Gasteiger partial charge in [0.2, 0.25) is 0 Å². The predicted molar refractivity (Wildman–Crippen MR) is 144 cm³/mol. The van der Waals surface area contributed by atoms with E-state index in [1.54, 1.807) is 50.4 Å². The average molecular weight is 551 g/mol. The maximum Gasteiger partial charge on any atom is 0.413 e. The summed E-state index contributed by atoms with van der Waals surface area (Å²) in [5.41, 5.74) is 1.41. The summed E-state index contributed by atoms with van der Waals surface area (Å²) in [7, 11) is 1.47. The normalized spacial score (nSPS) is 12.4. The fourth-order valence-electron chi connectivity index (χ4n) is 4.74. The van der Waals surface area contributed by atoms with Gasteiger partial charge < -0.3 is 24.3 Å². The molecule has 0 bridgehead atoms. The van der Waals surface area contributed by atoms with Crippen LogP contribution in [0.15, 0.2) is 76.2 Å². The first-order valence-electron chi connectivity index (χ1n) is 12.3. The molecule has 2 N–H and O–H groups in total. The monoisotopic (exact) mass is 550 g/mol. The zero-order valence-corrected chi connectivity index (χ0v) is 21.8. The van der Waals surface area contributed by atoms with Crippen molar-refractivity contribution >= 4 is 16.6 Å². The Morgan fingerprint density at radius 3 is 2.45 bits per heavy atom. The zero-order chi connectivity index (χ0) is 28.6. The largest absolute Gasteiger partial charge is 0.508 e. The molecule has 5 rings (SSSR count). The molecule has 0 aliphatic heterocycles. The molecule has 1 atom stereocenters. The number of anilines is 1. The van der Waals surface area contributed by atoms with E-state index in [1.807, 2.05) is 0 Å². The number of hydrogen-bond acceptors (Lipinski definition) is 7. The number of halogens is 3. The third-order valence-electron chi connectivity index (χ3n) is 6.61. The minimum Gasteiger partial charge on any atom is -0.508 e. The lowest BCUT2D eigenvalue weighted by Crippen LogP contribution is -2.35. The van der Waals surface area contributed by atoms with Crippen molar-refractivity contribution < 1.29 is 27.5 Å². The van der Waals surface area contributed by atoms with Crippen LogP contribution >= 0.6 is 0 Å². The van der Waals surface area contributed by atoms with Crippen LogP contribution in [0.5, 0.6) is 11.5 Å². The van der Waals surface area contributed by atoms with Crippen molar-refractivity contribution in [3.63, 3.8) is 0 Å². The van der Waals surface area contributed by atoms with E-state index in [0.717, 1.165) is 0 Å². The van der Waals surface area contributed by atoms with Gasteiger partial charge in [-0.3, -0.25) is 9.78 Å². The topological polar surface area (TPSA) is 102 Å². The van der Waals surface area contributed by atoms with Gasteiger partial charge in [-0.2, -0.15) is 13.2 Å². The number of benzene rings is 2. The highest BCUT2D eigenvalue weighted by atomic mass is 19.4. The minimum absolute atomic E-state index is 0.0678. The summed E-state index contributed by atoms with van der Waals surface area (Å²) in [4.78, 5) is 18.1. The number of ether oxygens (including phenoxy) is 1. The van der Waals surface area contributed by atoms with E-state index in [9.17, 15) is 23.1 Å². The van der Waals surface area contributed by atoms with Gasteiger partial charge in [-0.05, 0) is 67.8 Å². The Morgan fingerprint density at radius 2 is 1.85 bits per heavy atom. The van der Waals surface area contributed by atoms with Gasteiger partial charge in [0.1, 0.15) is 17.3 Å². The second-order valence-corrected chi connectivity index (χ2v) is 9.29. The lowest BCUT2D eigenvalue weighted by atomic mass is 9.98. The summed E-state index contributed by atoms with van der Waals surface area (Å²) in [6.45, 7) is 3.42. The molecule has 206 valence electrons. The fourth-order valence-corrected chi connectivity index (χ4v) is 4.74. The number of nitrogens with zero attached hydrogens (tertiary/aromatic N) is 3. The van der Waals surface area contributed by atoms with Crippen molar-refractivity contribution in [2.45, 2.75) is 32.6 Å². The molecule has 8 nitrogen and oxygen atoms in total. The molecular weight excluding hydrogens is 525 g/mol. The van der Waals surface area contributed by atoms with Gasteiger partial charge in [-0.1, -0.05) is 11.2 Å². The molecule has 2 aromatic carbocycles. The first-order chi connectivity index (χ1) is 19.1. The smallest absolute Gasteiger partial charge is 0.413 e. The quantitative estimate of drug-likeness (QED) is 0.235. The van der Waals surface area contributed by atoms with Crippen LogP contribution in [-0.4, -0.2) is 33.1 Å². The maximum absolute atomic E-state index is 14.5. The zero-order valence-electron chi connectivity index (χ0n) is 21.8. The van der Waals surface area contributed by atoms with Crippen LogP contribution in [0.1, 0.15) is 28.8 Å². The van der Waals surface area contributed by atoms with Gasteiger partial charge in [-0.15, -0.1) is 0 Å². The summed E-state index contributed by atoms with van der Waals surface area (Å²) in [6.07, 6.45) is -3.28. The van der Waals surface area contributed by atoms with Crippen LogP contribution in [0.2, 0.25) is 0 Å². The number of aryl methyl sites for hydroxylation is 2. The number of phenols is 1. The second kappa shape index (κ2) is 10.4. The first-order valence-corrected chi connectivity index (χ1v) is 12.3. The molecule has 5 aromatic rings. The van der Waals surface area contributed by atoms with Crippen LogP contribution in [0.25, 0.3) is 22.0 Å². The number of aromatic hydroxyl groups is 1. The highest BCUT2D eigenvalue weighted by Gasteiger charge is 2.43. The Bertz CT molecular complexity index is 1710. The number of rotatable bonds is 7. The number of alkyl halides is 3. The number of hydrogen-bond donors (Lipinski definition) is 2. The summed E-state index contributed by atoms with van der Waals surface area (Å²) in [5.74, 6) is 0.816. The predicted octanol–water partition coefficient (Wildman–Crippen LogP) is 6.15. The third kappa shape index (κ3) is 5.09. The first kappa shape index (κ1) is 26.8. The molecular formula is C29H25F3N4O4. The van der Waals surface area contributed by atoms with Crippen LogP contribution < -0.4 is 15.6 Å². The Labute approximate surface area is 226 Å². The fraction of sp³-hybridized carbons (Fsp3) is 0.207. The Hall–Kier alpha value is -4.80. The van der Waals surface area contributed by atoms with E-state index in [2.05, 4.69) is 15.5 Å². The number of fused-ring (bicyclic) bond motifs is 1. The van der Waals surface area contributed by atoms with Crippen molar-refractivity contribution in [2.75, 3.05) is 12.4 Å². The maximum atomic E-state index is 14.5. The van der Waals surface area contributed by atoms with Gasteiger partial charge >= 0.3 is 6.18 Å². The van der Waals surface area contributed by atoms with Crippen molar-refractivity contribution in [1.29, 1.82) is 0 Å². The highest BCUT2D eigenvalue weighted by Crippen LogP contribution is 2.40. The van der Waals surface area contributed by atoms with E-state index in [1.165, 1.54) is 42.0 Å². The number of aromatic nitrogens is 3. The molecule has 0 radical (unpaired) electrons. The molecule has 0 saturated heterocycles. The lowest BCUT2D eigenvalue weighted by Gasteiger charge is -2.24. The third-order valence-corrected chi connectivity index (χ3v) is 6.61. The van der Waals surface area contributed by atoms with Crippen molar-refractivity contribution in [3.05, 3.63) is 99.9 Å². The van der Waals surface area contributed by atoms with Gasteiger partial charge in [0.05, 0.1) is 36.1 Å². The van der Waals surface area contributed by atoms with Gasteiger partial charge in [0, 0.05) is 29.1 Å². The standard InChI is InChI=1S/C29H25F3N4O4/c1-16-26(17(2)40-35-16)22-12-18-13-23(27(29(30,31)32)34-19-7-9-21(37)10-8-19)28(38)36(24(18)14-25(22)39-3)15-20-6-4-5-11-33-20/h4-14,27,34,37H,15H2,1-3H3. The number of pyridine rings is 2. The molecule has 0 aliphatic rings. The number of phenolic OH excluding ortho intramolecular Hbond substituents is 1. The minimum atomic E-state index is -4.83.